The number of hydrogen-bond donors (Lipinski definition) is 1. The lowest BCUT2D eigenvalue weighted by atomic mass is 10.1. The molecule has 2 aromatic rings. The second-order valence-electron chi connectivity index (χ2n) is 5.22. The summed E-state index contributed by atoms with van der Waals surface area (Å²) in [6, 6.07) is 9.68. The summed E-state index contributed by atoms with van der Waals surface area (Å²) in [5.41, 5.74) is 0.854. The van der Waals surface area contributed by atoms with Gasteiger partial charge in [-0.15, -0.1) is 0 Å². The zero-order valence-electron chi connectivity index (χ0n) is 13.5. The van der Waals surface area contributed by atoms with Crippen LogP contribution < -0.4 is 14.8 Å². The maximum Gasteiger partial charge on any atom is 0.263 e. The molecule has 1 amide bonds. The van der Waals surface area contributed by atoms with Crippen LogP contribution in [0.2, 0.25) is 5.02 Å². The number of halogens is 2. The summed E-state index contributed by atoms with van der Waals surface area (Å²) >= 11 is 12.2. The van der Waals surface area contributed by atoms with Crippen LogP contribution in [0.3, 0.4) is 0 Å². The van der Waals surface area contributed by atoms with Crippen LogP contribution in [0.1, 0.15) is 11.1 Å². The van der Waals surface area contributed by atoms with Gasteiger partial charge in [-0.25, -0.2) is 4.39 Å². The number of carbonyl (C=O) groups excluding carboxylic acids is 1. The minimum Gasteiger partial charge on any atom is -0.493 e. The number of ether oxygens (including phenoxy) is 2. The minimum absolute atomic E-state index is 0.0835. The van der Waals surface area contributed by atoms with Gasteiger partial charge in [-0.05, 0) is 24.3 Å². The van der Waals surface area contributed by atoms with E-state index in [0.29, 0.717) is 26.3 Å². The van der Waals surface area contributed by atoms with Crippen LogP contribution in [0, 0.1) is 5.82 Å². The van der Waals surface area contributed by atoms with Gasteiger partial charge < -0.3 is 14.8 Å². The molecule has 0 aliphatic carbocycles. The second-order valence-corrected chi connectivity index (χ2v) is 7.35. The van der Waals surface area contributed by atoms with E-state index < -0.39 is 5.82 Å². The SMILES string of the molecule is COc1cccc(/C=C2\SC(=S)NC2=O)c1OCc1c(F)cccc1Cl. The van der Waals surface area contributed by atoms with Crippen molar-refractivity contribution in [3.8, 4) is 11.5 Å². The van der Waals surface area contributed by atoms with Crippen molar-refractivity contribution in [2.75, 3.05) is 7.11 Å². The Morgan fingerprint density at radius 2 is 2.08 bits per heavy atom. The molecule has 0 spiro atoms. The summed E-state index contributed by atoms with van der Waals surface area (Å²) in [6.07, 6.45) is 1.65. The number of carbonyl (C=O) groups is 1. The van der Waals surface area contributed by atoms with Gasteiger partial charge in [-0.1, -0.05) is 53.8 Å². The highest BCUT2D eigenvalue weighted by atomic mass is 35.5. The van der Waals surface area contributed by atoms with Gasteiger partial charge in [-0.2, -0.15) is 0 Å². The number of benzene rings is 2. The van der Waals surface area contributed by atoms with Gasteiger partial charge >= 0.3 is 0 Å². The highest BCUT2D eigenvalue weighted by Crippen LogP contribution is 2.36. The number of nitrogens with one attached hydrogen (secondary N) is 1. The molecule has 1 N–H and O–H groups in total. The molecule has 4 nitrogen and oxygen atoms in total. The van der Waals surface area contributed by atoms with E-state index in [-0.39, 0.29) is 23.1 Å². The molecule has 0 unspecified atom stereocenters. The van der Waals surface area contributed by atoms with E-state index in [9.17, 15) is 9.18 Å². The number of amides is 1. The first kappa shape index (κ1) is 18.7. The van der Waals surface area contributed by atoms with Crippen molar-refractivity contribution in [2.45, 2.75) is 6.61 Å². The van der Waals surface area contributed by atoms with Gasteiger partial charge in [0.1, 0.15) is 16.7 Å². The van der Waals surface area contributed by atoms with Gasteiger partial charge in [0.2, 0.25) is 0 Å². The van der Waals surface area contributed by atoms with Gasteiger partial charge in [0.05, 0.1) is 17.0 Å². The van der Waals surface area contributed by atoms with Crippen molar-refractivity contribution in [1.82, 2.24) is 5.32 Å². The fourth-order valence-electron chi connectivity index (χ4n) is 2.34. The maximum atomic E-state index is 14.0. The van der Waals surface area contributed by atoms with Crippen LogP contribution in [0.4, 0.5) is 4.39 Å². The molecule has 0 radical (unpaired) electrons. The van der Waals surface area contributed by atoms with Gasteiger partial charge in [0, 0.05) is 11.1 Å². The highest BCUT2D eigenvalue weighted by molar-refractivity contribution is 8.26. The number of para-hydroxylation sites is 1. The average molecular weight is 410 g/mol. The van der Waals surface area contributed by atoms with Crippen molar-refractivity contribution in [3.05, 3.63) is 63.3 Å². The van der Waals surface area contributed by atoms with Crippen molar-refractivity contribution < 1.29 is 18.7 Å². The van der Waals surface area contributed by atoms with Crippen molar-refractivity contribution in [2.24, 2.45) is 0 Å². The Kier molecular flexibility index (Phi) is 5.80. The number of thiocarbonyl (C=S) groups is 1. The van der Waals surface area contributed by atoms with Crippen LogP contribution >= 0.6 is 35.6 Å². The fourth-order valence-corrected chi connectivity index (χ4v) is 3.59. The smallest absolute Gasteiger partial charge is 0.263 e. The van der Waals surface area contributed by atoms with Crippen LogP contribution in [0.15, 0.2) is 41.3 Å². The molecule has 0 bridgehead atoms. The molecule has 1 saturated heterocycles. The number of methoxy groups -OCH3 is 1. The van der Waals surface area contributed by atoms with Crippen LogP contribution in [-0.4, -0.2) is 17.3 Å². The number of hydrogen-bond acceptors (Lipinski definition) is 5. The molecule has 8 heteroatoms. The predicted octanol–water partition coefficient (Wildman–Crippen LogP) is 4.56. The summed E-state index contributed by atoms with van der Waals surface area (Å²) in [5, 5.41) is 2.83. The normalized spacial score (nSPS) is 15.3. The largest absolute Gasteiger partial charge is 0.493 e. The molecule has 0 aromatic heterocycles. The minimum atomic E-state index is -0.455. The van der Waals surface area contributed by atoms with E-state index >= 15 is 0 Å². The van der Waals surface area contributed by atoms with E-state index in [1.165, 1.54) is 19.2 Å². The van der Waals surface area contributed by atoms with Crippen molar-refractivity contribution in [3.63, 3.8) is 0 Å². The molecule has 134 valence electrons. The monoisotopic (exact) mass is 409 g/mol. The Balaban J connectivity index is 1.94. The highest BCUT2D eigenvalue weighted by Gasteiger charge is 2.23. The van der Waals surface area contributed by atoms with Crippen molar-refractivity contribution >= 4 is 51.9 Å². The average Bonchev–Trinajstić information content (AvgIpc) is 2.92. The van der Waals surface area contributed by atoms with E-state index in [0.717, 1.165) is 11.8 Å². The third-order valence-corrected chi connectivity index (χ3v) is 5.10. The van der Waals surface area contributed by atoms with E-state index in [4.69, 9.17) is 33.3 Å². The molecule has 0 atom stereocenters. The lowest BCUT2D eigenvalue weighted by Crippen LogP contribution is -2.17. The maximum absolute atomic E-state index is 14.0. The third kappa shape index (κ3) is 4.00. The molecule has 0 saturated carbocycles. The zero-order valence-corrected chi connectivity index (χ0v) is 15.9. The van der Waals surface area contributed by atoms with Crippen LogP contribution in [-0.2, 0) is 11.4 Å². The third-order valence-electron chi connectivity index (χ3n) is 3.58. The van der Waals surface area contributed by atoms with E-state index in [2.05, 4.69) is 5.32 Å². The Hall–Kier alpha value is -2.09. The summed E-state index contributed by atoms with van der Waals surface area (Å²) < 4.78 is 25.5. The fraction of sp³-hybridized carbons (Fsp3) is 0.111. The van der Waals surface area contributed by atoms with Crippen molar-refractivity contribution in [1.29, 1.82) is 0 Å². The lowest BCUT2D eigenvalue weighted by Gasteiger charge is -2.14. The molecular formula is C18H13ClFNO3S2. The summed E-state index contributed by atoms with van der Waals surface area (Å²) in [4.78, 5) is 12.3. The first-order valence-electron chi connectivity index (χ1n) is 7.47. The first-order chi connectivity index (χ1) is 12.5. The Bertz CT molecular complexity index is 897. The van der Waals surface area contributed by atoms with E-state index in [1.54, 1.807) is 30.3 Å². The number of thioether (sulfide) groups is 1. The topological polar surface area (TPSA) is 47.6 Å². The lowest BCUT2D eigenvalue weighted by molar-refractivity contribution is -0.115. The summed E-state index contributed by atoms with van der Waals surface area (Å²) in [5.74, 6) is 0.111. The standard InChI is InChI=1S/C18H13ClFNO3S2/c1-23-14-7-2-4-10(8-15-17(22)21-18(25)26-15)16(14)24-9-11-12(19)5-3-6-13(11)20/h2-8H,9H2,1H3,(H,21,22,25)/b15-8-. The van der Waals surface area contributed by atoms with Crippen LogP contribution in [0.25, 0.3) is 6.08 Å². The van der Waals surface area contributed by atoms with Gasteiger partial charge in [0.15, 0.2) is 11.5 Å². The Labute approximate surface area is 164 Å². The Morgan fingerprint density at radius 3 is 2.73 bits per heavy atom. The summed E-state index contributed by atoms with van der Waals surface area (Å²) in [6.45, 7) is -0.0835. The molecule has 1 fully saturated rings. The predicted molar refractivity (Wildman–Crippen MR) is 105 cm³/mol. The Morgan fingerprint density at radius 1 is 1.31 bits per heavy atom. The molecule has 1 heterocycles. The molecule has 1 aliphatic heterocycles. The molecule has 1 aliphatic rings. The molecule has 3 rings (SSSR count). The first-order valence-corrected chi connectivity index (χ1v) is 9.07. The molecule has 2 aromatic carbocycles. The molecular weight excluding hydrogens is 397 g/mol. The second kappa shape index (κ2) is 8.07. The molecule has 26 heavy (non-hydrogen) atoms. The number of rotatable bonds is 5. The summed E-state index contributed by atoms with van der Waals surface area (Å²) in [7, 11) is 1.50. The zero-order chi connectivity index (χ0) is 18.7. The van der Waals surface area contributed by atoms with Gasteiger partial charge in [0.25, 0.3) is 5.91 Å². The van der Waals surface area contributed by atoms with Crippen LogP contribution in [0.5, 0.6) is 11.5 Å². The van der Waals surface area contributed by atoms with E-state index in [1.807, 2.05) is 0 Å². The quantitative estimate of drug-likeness (QED) is 0.579. The van der Waals surface area contributed by atoms with Gasteiger partial charge in [-0.3, -0.25) is 4.79 Å².